The summed E-state index contributed by atoms with van der Waals surface area (Å²) in [4.78, 5) is 47.8. The first-order valence-corrected chi connectivity index (χ1v) is 16.3. The fourth-order valence-corrected chi connectivity index (χ4v) is 9.99. The van der Waals surface area contributed by atoms with E-state index in [1.165, 1.54) is 27.7 Å². The van der Waals surface area contributed by atoms with E-state index in [2.05, 4.69) is 45.0 Å². The summed E-state index contributed by atoms with van der Waals surface area (Å²) in [6.45, 7) is 11.0. The van der Waals surface area contributed by atoms with Gasteiger partial charge >= 0.3 is 23.9 Å². The van der Waals surface area contributed by atoms with Crippen molar-refractivity contribution in [3.63, 3.8) is 0 Å². The third-order valence-corrected chi connectivity index (χ3v) is 12.1. The number of carbonyl (C=O) groups is 4. The van der Waals surface area contributed by atoms with Crippen LogP contribution in [0.1, 0.15) is 48.5 Å². The molecule has 5 atom stereocenters. The van der Waals surface area contributed by atoms with Crippen LogP contribution in [-0.4, -0.2) is 82.7 Å². The minimum atomic E-state index is -2.87. The Hall–Kier alpha value is -3.58. The van der Waals surface area contributed by atoms with Gasteiger partial charge in [-0.25, -0.2) is 0 Å². The van der Waals surface area contributed by atoms with Gasteiger partial charge in [-0.05, 0) is 15.4 Å². The van der Waals surface area contributed by atoms with Crippen molar-refractivity contribution in [1.82, 2.24) is 0 Å². The molecular formula is C32H42O11Si. The molecule has 0 unspecified atom stereocenters. The minimum absolute atomic E-state index is 0.00175. The molecule has 0 aliphatic carbocycles. The summed E-state index contributed by atoms with van der Waals surface area (Å²) in [5, 5.41) is 1.90. The highest BCUT2D eigenvalue weighted by Gasteiger charge is 2.53. The molecule has 0 amide bonds. The van der Waals surface area contributed by atoms with Crippen LogP contribution in [0, 0.1) is 0 Å². The first kappa shape index (κ1) is 34.9. The lowest BCUT2D eigenvalue weighted by atomic mass is 9.98. The molecule has 44 heavy (non-hydrogen) atoms. The molecule has 0 N–H and O–H groups in total. The molecule has 0 bridgehead atoms. The van der Waals surface area contributed by atoms with E-state index < -0.39 is 62.9 Å². The van der Waals surface area contributed by atoms with Crippen LogP contribution in [0.25, 0.3) is 0 Å². The summed E-state index contributed by atoms with van der Waals surface area (Å²) in [7, 11) is -2.87. The van der Waals surface area contributed by atoms with E-state index in [4.69, 9.17) is 32.8 Å². The Balaban J connectivity index is 1.92. The third-order valence-electron chi connectivity index (χ3n) is 7.05. The Morgan fingerprint density at radius 3 is 1.61 bits per heavy atom. The molecule has 1 fully saturated rings. The van der Waals surface area contributed by atoms with Crippen molar-refractivity contribution >= 4 is 42.6 Å². The second-order valence-corrected chi connectivity index (χ2v) is 15.8. The van der Waals surface area contributed by atoms with Gasteiger partial charge < -0.3 is 32.8 Å². The lowest BCUT2D eigenvalue weighted by molar-refractivity contribution is -0.308. The van der Waals surface area contributed by atoms with Crippen LogP contribution in [0.4, 0.5) is 0 Å². The van der Waals surface area contributed by atoms with E-state index in [1.54, 1.807) is 0 Å². The molecule has 11 nitrogen and oxygen atoms in total. The number of esters is 4. The summed E-state index contributed by atoms with van der Waals surface area (Å²) >= 11 is 0. The molecule has 0 radical (unpaired) electrons. The molecule has 0 aromatic heterocycles. The first-order valence-electron chi connectivity index (χ1n) is 14.4. The standard InChI is InChI=1S/C32H42O11Si/c1-21(33)38-20-27-28(40-22(2)34)29(41-23(3)35)30(42-24(4)36)31(43-27)37-18-19-39-44(32(5,6)7,25-14-10-8-11-15-25)26-16-12-9-13-17-26/h8-17,27-31H,18-20H2,1-7H3/t27-,28-,29+,30-,31-/m1/s1. The van der Waals surface area contributed by atoms with Crippen molar-refractivity contribution in [3.8, 4) is 0 Å². The molecule has 0 spiro atoms. The molecule has 12 heteroatoms. The third kappa shape index (κ3) is 8.75. The summed E-state index contributed by atoms with van der Waals surface area (Å²) in [6.07, 6.45) is -6.24. The predicted octanol–water partition coefficient (Wildman–Crippen LogP) is 2.66. The zero-order valence-electron chi connectivity index (χ0n) is 26.3. The van der Waals surface area contributed by atoms with E-state index in [1.807, 2.05) is 36.4 Å². The highest BCUT2D eigenvalue weighted by molar-refractivity contribution is 6.99. The number of ether oxygens (including phenoxy) is 6. The van der Waals surface area contributed by atoms with Crippen LogP contribution in [0.15, 0.2) is 60.7 Å². The molecule has 1 heterocycles. The van der Waals surface area contributed by atoms with E-state index in [-0.39, 0.29) is 24.9 Å². The Kier molecular flexibility index (Phi) is 12.2. The highest BCUT2D eigenvalue weighted by Crippen LogP contribution is 2.37. The van der Waals surface area contributed by atoms with E-state index in [9.17, 15) is 19.2 Å². The van der Waals surface area contributed by atoms with Crippen LogP contribution in [0.3, 0.4) is 0 Å². The largest absolute Gasteiger partial charge is 0.463 e. The Morgan fingerprint density at radius 1 is 0.682 bits per heavy atom. The fourth-order valence-electron chi connectivity index (χ4n) is 5.44. The molecular weight excluding hydrogens is 588 g/mol. The Labute approximate surface area is 259 Å². The molecule has 240 valence electrons. The average Bonchev–Trinajstić information content (AvgIpc) is 2.94. The van der Waals surface area contributed by atoms with Gasteiger partial charge in [-0.3, -0.25) is 19.2 Å². The van der Waals surface area contributed by atoms with Gasteiger partial charge in [0.2, 0.25) is 0 Å². The molecule has 1 saturated heterocycles. The minimum Gasteiger partial charge on any atom is -0.463 e. The summed E-state index contributed by atoms with van der Waals surface area (Å²) < 4.78 is 40.6. The van der Waals surface area contributed by atoms with Crippen LogP contribution < -0.4 is 10.4 Å². The van der Waals surface area contributed by atoms with Crippen LogP contribution in [-0.2, 0) is 52.0 Å². The van der Waals surface area contributed by atoms with E-state index in [0.717, 1.165) is 10.4 Å². The molecule has 2 aromatic carbocycles. The topological polar surface area (TPSA) is 133 Å². The lowest BCUT2D eigenvalue weighted by Gasteiger charge is -2.44. The van der Waals surface area contributed by atoms with Gasteiger partial charge in [0.1, 0.15) is 12.7 Å². The normalized spacial score (nSPS) is 22.0. The van der Waals surface area contributed by atoms with Crippen molar-refractivity contribution in [1.29, 1.82) is 0 Å². The maximum absolute atomic E-state index is 12.1. The average molecular weight is 631 g/mol. The summed E-state index contributed by atoms with van der Waals surface area (Å²) in [5.74, 6) is -2.72. The van der Waals surface area contributed by atoms with Crippen LogP contribution in [0.5, 0.6) is 0 Å². The Morgan fingerprint density at radius 2 is 1.16 bits per heavy atom. The van der Waals surface area contributed by atoms with Gasteiger partial charge in [0, 0.05) is 27.7 Å². The molecule has 1 aliphatic heterocycles. The smallest absolute Gasteiger partial charge is 0.303 e. The fraction of sp³-hybridized carbons (Fsp3) is 0.500. The van der Waals surface area contributed by atoms with Gasteiger partial charge in [0.25, 0.3) is 8.32 Å². The van der Waals surface area contributed by atoms with Gasteiger partial charge in [-0.15, -0.1) is 0 Å². The maximum Gasteiger partial charge on any atom is 0.303 e. The summed E-state index contributed by atoms with van der Waals surface area (Å²) in [6, 6.07) is 20.2. The molecule has 1 aliphatic rings. The number of carbonyl (C=O) groups excluding carboxylic acids is 4. The first-order chi connectivity index (χ1) is 20.8. The maximum atomic E-state index is 12.1. The summed E-state index contributed by atoms with van der Waals surface area (Å²) in [5.41, 5.74) is 0. The number of benzene rings is 2. The van der Waals surface area contributed by atoms with Gasteiger partial charge in [0.15, 0.2) is 24.6 Å². The quantitative estimate of drug-likeness (QED) is 0.148. The number of hydrogen-bond acceptors (Lipinski definition) is 11. The zero-order valence-corrected chi connectivity index (χ0v) is 27.3. The monoisotopic (exact) mass is 630 g/mol. The van der Waals surface area contributed by atoms with Gasteiger partial charge in [-0.1, -0.05) is 81.4 Å². The van der Waals surface area contributed by atoms with Crippen LogP contribution >= 0.6 is 0 Å². The predicted molar refractivity (Wildman–Crippen MR) is 161 cm³/mol. The van der Waals surface area contributed by atoms with Crippen molar-refractivity contribution in [2.45, 2.75) is 84.2 Å². The number of rotatable bonds is 12. The SMILES string of the molecule is CC(=O)OC[C@H]1O[C@@H](OCCO[Si](c2ccccc2)(c2ccccc2)C(C)(C)C)[C@H](OC(C)=O)[C@@H](OC(C)=O)[C@@H]1OC(C)=O. The lowest BCUT2D eigenvalue weighted by Crippen LogP contribution is -2.67. The zero-order chi connectivity index (χ0) is 32.5. The van der Waals surface area contributed by atoms with Crippen molar-refractivity contribution in [3.05, 3.63) is 60.7 Å². The second-order valence-electron chi connectivity index (χ2n) is 11.5. The molecule has 0 saturated carbocycles. The number of hydrogen-bond donors (Lipinski definition) is 0. The second kappa shape index (κ2) is 15.4. The van der Waals surface area contributed by atoms with Crippen LogP contribution in [0.2, 0.25) is 5.04 Å². The van der Waals surface area contributed by atoms with Crippen molar-refractivity contribution in [2.75, 3.05) is 19.8 Å². The van der Waals surface area contributed by atoms with Gasteiger partial charge in [-0.2, -0.15) is 0 Å². The van der Waals surface area contributed by atoms with Crippen molar-refractivity contribution < 1.29 is 52.0 Å². The molecule has 3 rings (SSSR count). The Bertz CT molecular complexity index is 1220. The van der Waals surface area contributed by atoms with Crippen molar-refractivity contribution in [2.24, 2.45) is 0 Å². The highest BCUT2D eigenvalue weighted by atomic mass is 28.4. The van der Waals surface area contributed by atoms with E-state index in [0.29, 0.717) is 0 Å². The van der Waals surface area contributed by atoms with Gasteiger partial charge in [0.05, 0.1) is 13.2 Å². The van der Waals surface area contributed by atoms with E-state index >= 15 is 0 Å². The molecule has 2 aromatic rings.